The van der Waals surface area contributed by atoms with Gasteiger partial charge < -0.3 is 5.32 Å². The molecule has 100 valence electrons. The Morgan fingerprint density at radius 2 is 2.21 bits per heavy atom. The summed E-state index contributed by atoms with van der Waals surface area (Å²) in [5, 5.41) is 4.12. The number of para-hydroxylation sites is 1. The topological polar surface area (TPSA) is 37.8 Å². The molecule has 1 fully saturated rings. The third-order valence-corrected chi connectivity index (χ3v) is 5.31. The van der Waals surface area contributed by atoms with E-state index in [1.54, 1.807) is 6.07 Å². The number of fused-ring (bicyclic) bond motifs is 1. The highest BCUT2D eigenvalue weighted by Gasteiger charge is 2.35. The molecule has 0 amide bonds. The fourth-order valence-corrected chi connectivity index (χ4v) is 3.37. The molecule has 1 aliphatic rings. The summed E-state index contributed by atoms with van der Waals surface area (Å²) in [7, 11) is 0. The van der Waals surface area contributed by atoms with Gasteiger partial charge in [-0.2, -0.15) is 11.8 Å². The van der Waals surface area contributed by atoms with E-state index in [0.29, 0.717) is 10.3 Å². The van der Waals surface area contributed by atoms with Gasteiger partial charge in [0.05, 0.1) is 0 Å². The fourth-order valence-electron chi connectivity index (χ4n) is 2.46. The Morgan fingerprint density at radius 3 is 2.89 bits per heavy atom. The lowest BCUT2D eigenvalue weighted by atomic mass is 9.84. The smallest absolute Gasteiger partial charge is 0.149 e. The molecule has 0 saturated heterocycles. The Kier molecular flexibility index (Phi) is 3.31. The molecule has 3 nitrogen and oxygen atoms in total. The number of halogens is 1. The van der Waals surface area contributed by atoms with Crippen molar-refractivity contribution in [2.45, 2.75) is 24.0 Å². The van der Waals surface area contributed by atoms with Crippen LogP contribution in [-0.2, 0) is 0 Å². The highest BCUT2D eigenvalue weighted by atomic mass is 32.2. The average Bonchev–Trinajstić information content (AvgIpc) is 2.39. The number of hydrogen-bond acceptors (Lipinski definition) is 4. The van der Waals surface area contributed by atoms with Gasteiger partial charge in [-0.05, 0) is 31.2 Å². The molecule has 0 atom stereocenters. The second-order valence-corrected chi connectivity index (χ2v) is 6.23. The van der Waals surface area contributed by atoms with E-state index in [1.807, 2.05) is 17.8 Å². The molecule has 2 aromatic rings. The van der Waals surface area contributed by atoms with Gasteiger partial charge in [0.25, 0.3) is 0 Å². The van der Waals surface area contributed by atoms with Gasteiger partial charge in [-0.3, -0.25) is 0 Å². The van der Waals surface area contributed by atoms with Crippen LogP contribution in [-0.4, -0.2) is 27.5 Å². The molecule has 1 N–H and O–H groups in total. The summed E-state index contributed by atoms with van der Waals surface area (Å²) in [5.41, 5.74) is 0.381. The highest BCUT2D eigenvalue weighted by Crippen LogP contribution is 2.42. The lowest BCUT2D eigenvalue weighted by Gasteiger charge is -2.40. The van der Waals surface area contributed by atoms with Crippen molar-refractivity contribution in [2.75, 3.05) is 18.1 Å². The monoisotopic (exact) mass is 277 g/mol. The van der Waals surface area contributed by atoms with Crippen LogP contribution in [0, 0.1) is 5.82 Å². The second-order valence-electron chi connectivity index (χ2n) is 4.95. The largest absolute Gasteiger partial charge is 0.368 e. The maximum atomic E-state index is 13.7. The van der Waals surface area contributed by atoms with Crippen molar-refractivity contribution in [1.82, 2.24) is 9.97 Å². The van der Waals surface area contributed by atoms with Crippen molar-refractivity contribution in [2.24, 2.45) is 0 Å². The van der Waals surface area contributed by atoms with Gasteiger partial charge in [0.1, 0.15) is 23.5 Å². The standard InChI is InChI=1S/C14H16FN3S/c1-19-14(6-3-7-14)8-16-13-10-4-2-5-11(15)12(10)17-9-18-13/h2,4-5,9H,3,6-8H2,1H3,(H,16,17,18). The molecular weight excluding hydrogens is 261 g/mol. The first-order chi connectivity index (χ1) is 9.24. The Bertz CT molecular complexity index is 593. The first-order valence-electron chi connectivity index (χ1n) is 6.42. The van der Waals surface area contributed by atoms with Crippen LogP contribution in [0.3, 0.4) is 0 Å². The van der Waals surface area contributed by atoms with Gasteiger partial charge >= 0.3 is 0 Å². The molecule has 1 aromatic carbocycles. The quantitative estimate of drug-likeness (QED) is 0.928. The maximum absolute atomic E-state index is 13.7. The normalized spacial score (nSPS) is 17.2. The van der Waals surface area contributed by atoms with E-state index in [2.05, 4.69) is 21.5 Å². The molecule has 0 bridgehead atoms. The van der Waals surface area contributed by atoms with Crippen LogP contribution < -0.4 is 5.32 Å². The minimum Gasteiger partial charge on any atom is -0.368 e. The van der Waals surface area contributed by atoms with E-state index in [1.165, 1.54) is 31.7 Å². The van der Waals surface area contributed by atoms with Crippen LogP contribution in [0.5, 0.6) is 0 Å². The Morgan fingerprint density at radius 1 is 1.37 bits per heavy atom. The third-order valence-electron chi connectivity index (χ3n) is 3.89. The Balaban J connectivity index is 1.87. The van der Waals surface area contributed by atoms with Crippen LogP contribution >= 0.6 is 11.8 Å². The highest BCUT2D eigenvalue weighted by molar-refractivity contribution is 8.00. The molecule has 0 radical (unpaired) electrons. The minimum atomic E-state index is -0.300. The van der Waals surface area contributed by atoms with Gasteiger partial charge in [0.15, 0.2) is 0 Å². The van der Waals surface area contributed by atoms with Crippen LogP contribution in [0.15, 0.2) is 24.5 Å². The number of anilines is 1. The molecular formula is C14H16FN3S. The van der Waals surface area contributed by atoms with E-state index < -0.39 is 0 Å². The summed E-state index contributed by atoms with van der Waals surface area (Å²) in [6.45, 7) is 0.872. The summed E-state index contributed by atoms with van der Waals surface area (Å²) in [6.07, 6.45) is 7.33. The van der Waals surface area contributed by atoms with Gasteiger partial charge in [-0.15, -0.1) is 0 Å². The Hall–Kier alpha value is -1.36. The number of thioether (sulfide) groups is 1. The summed E-state index contributed by atoms with van der Waals surface area (Å²) in [6, 6.07) is 4.97. The number of rotatable bonds is 4. The van der Waals surface area contributed by atoms with E-state index in [9.17, 15) is 4.39 Å². The second kappa shape index (κ2) is 4.96. The van der Waals surface area contributed by atoms with E-state index in [4.69, 9.17) is 0 Å². The first kappa shape index (κ1) is 12.7. The zero-order valence-corrected chi connectivity index (χ0v) is 11.6. The van der Waals surface area contributed by atoms with E-state index in [-0.39, 0.29) is 5.82 Å². The molecule has 0 unspecified atom stereocenters. The number of aromatic nitrogens is 2. The van der Waals surface area contributed by atoms with Crippen molar-refractivity contribution in [3.8, 4) is 0 Å². The van der Waals surface area contributed by atoms with Crippen molar-refractivity contribution < 1.29 is 4.39 Å². The van der Waals surface area contributed by atoms with Crippen LogP contribution in [0.25, 0.3) is 10.9 Å². The fraction of sp³-hybridized carbons (Fsp3) is 0.429. The van der Waals surface area contributed by atoms with Crippen LogP contribution in [0.4, 0.5) is 10.2 Å². The van der Waals surface area contributed by atoms with Gasteiger partial charge in [0.2, 0.25) is 0 Å². The predicted octanol–water partition coefficient (Wildman–Crippen LogP) is 3.47. The van der Waals surface area contributed by atoms with Crippen molar-refractivity contribution in [3.05, 3.63) is 30.3 Å². The molecule has 1 saturated carbocycles. The molecule has 1 heterocycles. The van der Waals surface area contributed by atoms with Crippen LogP contribution in [0.1, 0.15) is 19.3 Å². The van der Waals surface area contributed by atoms with E-state index >= 15 is 0 Å². The average molecular weight is 277 g/mol. The predicted molar refractivity (Wildman–Crippen MR) is 78.1 cm³/mol. The molecule has 1 aromatic heterocycles. The number of hydrogen-bond donors (Lipinski definition) is 1. The molecule has 0 aliphatic heterocycles. The molecule has 5 heteroatoms. The molecule has 3 rings (SSSR count). The molecule has 1 aliphatic carbocycles. The SMILES string of the molecule is CSC1(CNc2ncnc3c(F)cccc23)CCC1. The van der Waals surface area contributed by atoms with Crippen molar-refractivity contribution in [1.29, 1.82) is 0 Å². The molecule has 0 spiro atoms. The van der Waals surface area contributed by atoms with Gasteiger partial charge in [-0.1, -0.05) is 12.5 Å². The zero-order chi connectivity index (χ0) is 13.3. The first-order valence-corrected chi connectivity index (χ1v) is 7.65. The van der Waals surface area contributed by atoms with Gasteiger partial charge in [0, 0.05) is 16.7 Å². The zero-order valence-electron chi connectivity index (χ0n) is 10.8. The van der Waals surface area contributed by atoms with Gasteiger partial charge in [-0.25, -0.2) is 14.4 Å². The summed E-state index contributed by atoms with van der Waals surface area (Å²) < 4.78 is 14.0. The number of benzene rings is 1. The van der Waals surface area contributed by atoms with E-state index in [0.717, 1.165) is 17.7 Å². The summed E-state index contributed by atoms with van der Waals surface area (Å²) in [4.78, 5) is 8.25. The minimum absolute atomic E-state index is 0.300. The third kappa shape index (κ3) is 2.27. The number of nitrogens with zero attached hydrogens (tertiary/aromatic N) is 2. The summed E-state index contributed by atoms with van der Waals surface area (Å²) in [5.74, 6) is 0.427. The van der Waals surface area contributed by atoms with Crippen molar-refractivity contribution in [3.63, 3.8) is 0 Å². The molecule has 19 heavy (non-hydrogen) atoms. The Labute approximate surface area is 116 Å². The van der Waals surface area contributed by atoms with Crippen LogP contribution in [0.2, 0.25) is 0 Å². The maximum Gasteiger partial charge on any atom is 0.149 e. The number of nitrogens with one attached hydrogen (secondary N) is 1. The lowest BCUT2D eigenvalue weighted by Crippen LogP contribution is -2.40. The lowest BCUT2D eigenvalue weighted by molar-refractivity contribution is 0.379. The summed E-state index contributed by atoms with van der Waals surface area (Å²) >= 11 is 1.91. The van der Waals surface area contributed by atoms with Crippen molar-refractivity contribution >= 4 is 28.5 Å².